The fraction of sp³-hybridized carbons (Fsp3) is 0.273. The van der Waals surface area contributed by atoms with Crippen LogP contribution in [0.3, 0.4) is 0 Å². The largest absolute Gasteiger partial charge is 0.452 e. The Hall–Kier alpha value is -3.24. The number of para-hydroxylation sites is 1. The van der Waals surface area contributed by atoms with E-state index in [1.165, 1.54) is 16.2 Å². The molecule has 0 aliphatic heterocycles. The van der Waals surface area contributed by atoms with Crippen LogP contribution in [0.25, 0.3) is 10.9 Å². The van der Waals surface area contributed by atoms with Crippen LogP contribution in [0.1, 0.15) is 44.9 Å². The minimum atomic E-state index is -0.576. The standard InChI is InChI=1S/C22H19N3O3S/c1-13-10-16(14-6-2-4-8-18(14)24-13)22(27)28-12-20(26)25-21-17(11-23)15-7-3-5-9-19(15)29-21/h2,4,6,8,10H,3,5,7,9,12H2,1H3,(H,25,26). The van der Waals surface area contributed by atoms with Gasteiger partial charge in [0, 0.05) is 16.0 Å². The van der Waals surface area contributed by atoms with E-state index in [0.29, 0.717) is 32.7 Å². The molecule has 1 aliphatic rings. The predicted octanol–water partition coefficient (Wildman–Crippen LogP) is 4.15. The van der Waals surface area contributed by atoms with Crippen LogP contribution >= 0.6 is 11.3 Å². The van der Waals surface area contributed by atoms with E-state index in [-0.39, 0.29) is 0 Å². The molecule has 1 amide bonds. The molecule has 1 aliphatic carbocycles. The number of anilines is 1. The Morgan fingerprint density at radius 2 is 2.07 bits per heavy atom. The third kappa shape index (κ3) is 3.84. The van der Waals surface area contributed by atoms with Crippen LogP contribution in [0.4, 0.5) is 5.00 Å². The second-order valence-corrected chi connectivity index (χ2v) is 8.08. The topological polar surface area (TPSA) is 92.1 Å². The number of nitrogens with one attached hydrogen (secondary N) is 1. The molecule has 146 valence electrons. The van der Waals surface area contributed by atoms with E-state index < -0.39 is 18.5 Å². The molecule has 0 bridgehead atoms. The predicted molar refractivity (Wildman–Crippen MR) is 111 cm³/mol. The number of aromatic nitrogens is 1. The Kier molecular flexibility index (Phi) is 5.28. The molecule has 1 aromatic carbocycles. The highest BCUT2D eigenvalue weighted by Crippen LogP contribution is 2.37. The Morgan fingerprint density at radius 1 is 1.28 bits per heavy atom. The van der Waals surface area contributed by atoms with Crippen molar-refractivity contribution in [2.75, 3.05) is 11.9 Å². The number of carbonyl (C=O) groups excluding carboxylic acids is 2. The van der Waals surface area contributed by atoms with Crippen LogP contribution < -0.4 is 5.32 Å². The van der Waals surface area contributed by atoms with Crippen LogP contribution in [0.15, 0.2) is 30.3 Å². The van der Waals surface area contributed by atoms with Gasteiger partial charge >= 0.3 is 5.97 Å². The van der Waals surface area contributed by atoms with Crippen molar-refractivity contribution in [1.82, 2.24) is 4.98 Å². The lowest BCUT2D eigenvalue weighted by atomic mass is 9.96. The molecule has 0 atom stereocenters. The van der Waals surface area contributed by atoms with Crippen LogP contribution in [0, 0.1) is 18.3 Å². The summed E-state index contributed by atoms with van der Waals surface area (Å²) in [6.45, 7) is 1.39. The van der Waals surface area contributed by atoms with Gasteiger partial charge in [0.25, 0.3) is 5.91 Å². The normalized spacial score (nSPS) is 12.8. The molecule has 7 heteroatoms. The number of pyridine rings is 1. The van der Waals surface area contributed by atoms with E-state index in [0.717, 1.165) is 31.2 Å². The molecular formula is C22H19N3O3S. The molecule has 0 spiro atoms. The number of nitriles is 1. The second kappa shape index (κ2) is 8.02. The van der Waals surface area contributed by atoms with Crippen molar-refractivity contribution in [3.63, 3.8) is 0 Å². The lowest BCUT2D eigenvalue weighted by Crippen LogP contribution is -2.21. The number of aryl methyl sites for hydroxylation is 2. The van der Waals surface area contributed by atoms with Crippen LogP contribution in [-0.2, 0) is 22.4 Å². The highest BCUT2D eigenvalue weighted by Gasteiger charge is 2.22. The fourth-order valence-corrected chi connectivity index (χ4v) is 4.88. The molecule has 6 nitrogen and oxygen atoms in total. The van der Waals surface area contributed by atoms with E-state index in [1.54, 1.807) is 19.1 Å². The van der Waals surface area contributed by atoms with Gasteiger partial charge in [0.05, 0.1) is 16.6 Å². The number of amides is 1. The summed E-state index contributed by atoms with van der Waals surface area (Å²) in [6.07, 6.45) is 3.97. The van der Waals surface area contributed by atoms with Gasteiger partial charge in [0.1, 0.15) is 11.1 Å². The summed E-state index contributed by atoms with van der Waals surface area (Å²) in [5, 5.41) is 13.5. The zero-order chi connectivity index (χ0) is 20.4. The molecule has 3 aromatic rings. The summed E-state index contributed by atoms with van der Waals surface area (Å²) in [6, 6.07) is 11.2. The van der Waals surface area contributed by atoms with Crippen molar-refractivity contribution in [2.24, 2.45) is 0 Å². The Bertz CT molecular complexity index is 1160. The number of benzene rings is 1. The minimum absolute atomic E-state index is 0.380. The number of rotatable bonds is 4. The average molecular weight is 405 g/mol. The number of ether oxygens (including phenoxy) is 1. The number of fused-ring (bicyclic) bond motifs is 2. The SMILES string of the molecule is Cc1cc(C(=O)OCC(=O)Nc2sc3c(c2C#N)CCCC3)c2ccccc2n1. The first-order valence-electron chi connectivity index (χ1n) is 9.45. The Labute approximate surface area is 172 Å². The van der Waals surface area contributed by atoms with Crippen LogP contribution in [-0.4, -0.2) is 23.5 Å². The van der Waals surface area contributed by atoms with E-state index in [9.17, 15) is 14.9 Å². The molecule has 2 heterocycles. The number of nitrogens with zero attached hydrogens (tertiary/aromatic N) is 2. The summed E-state index contributed by atoms with van der Waals surface area (Å²) >= 11 is 1.45. The van der Waals surface area contributed by atoms with Crippen molar-refractivity contribution in [2.45, 2.75) is 32.6 Å². The zero-order valence-electron chi connectivity index (χ0n) is 15.9. The van der Waals surface area contributed by atoms with Crippen molar-refractivity contribution in [3.05, 3.63) is 57.6 Å². The lowest BCUT2D eigenvalue weighted by molar-refractivity contribution is -0.119. The molecule has 1 N–H and O–H groups in total. The first-order valence-corrected chi connectivity index (χ1v) is 10.3. The summed E-state index contributed by atoms with van der Waals surface area (Å²) in [5.74, 6) is -1.03. The maximum absolute atomic E-state index is 12.6. The molecule has 0 radical (unpaired) electrons. The third-order valence-electron chi connectivity index (χ3n) is 4.93. The molecule has 29 heavy (non-hydrogen) atoms. The number of thiophene rings is 1. The molecule has 0 saturated carbocycles. The molecule has 2 aromatic heterocycles. The van der Waals surface area contributed by atoms with Gasteiger partial charge in [0.2, 0.25) is 0 Å². The van der Waals surface area contributed by atoms with Crippen LogP contribution in [0.2, 0.25) is 0 Å². The molecule has 0 unspecified atom stereocenters. The molecule has 0 fully saturated rings. The quantitative estimate of drug-likeness (QED) is 0.658. The zero-order valence-corrected chi connectivity index (χ0v) is 16.8. The van der Waals surface area contributed by atoms with Gasteiger partial charge in [-0.15, -0.1) is 11.3 Å². The third-order valence-corrected chi connectivity index (χ3v) is 6.14. The average Bonchev–Trinajstić information content (AvgIpc) is 3.08. The monoisotopic (exact) mass is 405 g/mol. The minimum Gasteiger partial charge on any atom is -0.452 e. The second-order valence-electron chi connectivity index (χ2n) is 6.98. The van der Waals surface area contributed by atoms with Crippen molar-refractivity contribution in [1.29, 1.82) is 5.26 Å². The van der Waals surface area contributed by atoms with E-state index in [4.69, 9.17) is 4.74 Å². The molecule has 0 saturated heterocycles. The summed E-state index contributed by atoms with van der Waals surface area (Å²) in [4.78, 5) is 30.5. The van der Waals surface area contributed by atoms with Gasteiger partial charge in [-0.1, -0.05) is 18.2 Å². The maximum atomic E-state index is 12.6. The van der Waals surface area contributed by atoms with Crippen molar-refractivity contribution >= 4 is 39.1 Å². The van der Waals surface area contributed by atoms with Gasteiger partial charge in [-0.25, -0.2) is 4.79 Å². The summed E-state index contributed by atoms with van der Waals surface area (Å²) in [7, 11) is 0. The number of hydrogen-bond acceptors (Lipinski definition) is 6. The number of hydrogen-bond donors (Lipinski definition) is 1. The summed E-state index contributed by atoms with van der Waals surface area (Å²) < 4.78 is 5.24. The number of esters is 1. The fourth-order valence-electron chi connectivity index (χ4n) is 3.62. The van der Waals surface area contributed by atoms with E-state index in [1.807, 2.05) is 18.2 Å². The van der Waals surface area contributed by atoms with Gasteiger partial charge in [0.15, 0.2) is 6.61 Å². The number of carbonyl (C=O) groups is 2. The Morgan fingerprint density at radius 3 is 2.90 bits per heavy atom. The van der Waals surface area contributed by atoms with Gasteiger partial charge in [-0.3, -0.25) is 9.78 Å². The highest BCUT2D eigenvalue weighted by molar-refractivity contribution is 7.16. The maximum Gasteiger partial charge on any atom is 0.339 e. The van der Waals surface area contributed by atoms with Gasteiger partial charge in [-0.05, 0) is 50.3 Å². The van der Waals surface area contributed by atoms with Gasteiger partial charge in [-0.2, -0.15) is 5.26 Å². The van der Waals surface area contributed by atoms with Gasteiger partial charge < -0.3 is 10.1 Å². The highest BCUT2D eigenvalue weighted by atomic mass is 32.1. The van der Waals surface area contributed by atoms with Crippen LogP contribution in [0.5, 0.6) is 0 Å². The van der Waals surface area contributed by atoms with Crippen molar-refractivity contribution < 1.29 is 14.3 Å². The molecular weight excluding hydrogens is 386 g/mol. The smallest absolute Gasteiger partial charge is 0.339 e. The van der Waals surface area contributed by atoms with E-state index in [2.05, 4.69) is 16.4 Å². The van der Waals surface area contributed by atoms with Crippen molar-refractivity contribution in [3.8, 4) is 6.07 Å². The first kappa shape index (κ1) is 19.1. The first-order chi connectivity index (χ1) is 14.1. The lowest BCUT2D eigenvalue weighted by Gasteiger charge is -2.09. The molecule has 4 rings (SSSR count). The summed E-state index contributed by atoms with van der Waals surface area (Å²) in [5.41, 5.74) is 3.37. The van der Waals surface area contributed by atoms with E-state index >= 15 is 0 Å². The Balaban J connectivity index is 1.47.